The van der Waals surface area contributed by atoms with Crippen molar-refractivity contribution in [3.05, 3.63) is 199 Å². The van der Waals surface area contributed by atoms with Gasteiger partial charge in [0.25, 0.3) is 0 Å². The molecule has 3 heteroatoms. The van der Waals surface area contributed by atoms with E-state index in [4.69, 9.17) is 9.97 Å². The van der Waals surface area contributed by atoms with Crippen LogP contribution in [0.2, 0.25) is 0 Å². The van der Waals surface area contributed by atoms with E-state index in [2.05, 4.69) is 183 Å². The molecule has 0 aliphatic heterocycles. The molecule has 0 aliphatic rings. The zero-order chi connectivity index (χ0) is 36.0. The first-order valence-electron chi connectivity index (χ1n) is 18.5. The molecule has 0 aliphatic carbocycles. The van der Waals surface area contributed by atoms with E-state index in [9.17, 15) is 0 Å². The first kappa shape index (κ1) is 33.6. The number of rotatable bonds is 10. The van der Waals surface area contributed by atoms with Crippen LogP contribution in [0.5, 0.6) is 0 Å². The molecule has 53 heavy (non-hydrogen) atoms. The maximum atomic E-state index is 5.10. The van der Waals surface area contributed by atoms with E-state index in [1.807, 2.05) is 24.3 Å². The summed E-state index contributed by atoms with van der Waals surface area (Å²) in [4.78, 5) is 12.5. The minimum absolute atomic E-state index is 0.713. The fraction of sp³-hybridized carbons (Fsp3) is 0.0800. The molecule has 7 aromatic carbocycles. The third-order valence-corrected chi connectivity index (χ3v) is 9.87. The van der Waals surface area contributed by atoms with Crippen LogP contribution in [-0.4, -0.2) is 9.97 Å². The molecule has 0 unspecified atom stereocenters. The summed E-state index contributed by atoms with van der Waals surface area (Å²) < 4.78 is 0. The normalized spacial score (nSPS) is 11.0. The lowest BCUT2D eigenvalue weighted by Gasteiger charge is -2.30. The summed E-state index contributed by atoms with van der Waals surface area (Å²) in [5.74, 6) is 0.713. The van der Waals surface area contributed by atoms with Crippen LogP contribution in [0.25, 0.3) is 56.2 Å². The average molecular weight is 684 g/mol. The van der Waals surface area contributed by atoms with Gasteiger partial charge in [0.1, 0.15) is 0 Å². The van der Waals surface area contributed by atoms with Gasteiger partial charge in [-0.1, -0.05) is 159 Å². The summed E-state index contributed by atoms with van der Waals surface area (Å²) in [6.45, 7) is 4.50. The Morgan fingerprint density at radius 2 is 0.736 bits per heavy atom. The van der Waals surface area contributed by atoms with Gasteiger partial charge < -0.3 is 4.90 Å². The molecule has 0 atom stereocenters. The van der Waals surface area contributed by atoms with E-state index >= 15 is 0 Å². The average Bonchev–Trinajstić information content (AvgIpc) is 3.25. The van der Waals surface area contributed by atoms with Crippen molar-refractivity contribution in [2.75, 3.05) is 4.90 Å². The molecule has 0 spiro atoms. The van der Waals surface area contributed by atoms with Crippen molar-refractivity contribution in [2.24, 2.45) is 0 Å². The lowest BCUT2D eigenvalue weighted by Crippen LogP contribution is -2.14. The maximum Gasteiger partial charge on any atom is 0.160 e. The van der Waals surface area contributed by atoms with Crippen molar-refractivity contribution in [3.63, 3.8) is 0 Å². The third kappa shape index (κ3) is 7.15. The summed E-state index contributed by atoms with van der Waals surface area (Å²) in [5.41, 5.74) is 15.8. The predicted octanol–water partition coefficient (Wildman–Crippen LogP) is 13.4. The fourth-order valence-corrected chi connectivity index (χ4v) is 7.05. The lowest BCUT2D eigenvalue weighted by molar-refractivity contribution is 1.09. The van der Waals surface area contributed by atoms with Crippen molar-refractivity contribution in [1.29, 1.82) is 0 Å². The first-order chi connectivity index (χ1) is 26.2. The molecule has 0 fully saturated rings. The SMILES string of the molecule is CCc1cc(-c2ccccc2)ccc1N(c1ccc(-c2cc(-c3ccccc3)nc(-c3ccccc3)n2)cc1)c1ccc(-c2ccccc2)cc1CC. The summed E-state index contributed by atoms with van der Waals surface area (Å²) in [5, 5.41) is 0. The zero-order valence-corrected chi connectivity index (χ0v) is 30.2. The van der Waals surface area contributed by atoms with Gasteiger partial charge in [-0.3, -0.25) is 0 Å². The topological polar surface area (TPSA) is 29.0 Å². The van der Waals surface area contributed by atoms with Crippen LogP contribution in [0.3, 0.4) is 0 Å². The summed E-state index contributed by atoms with van der Waals surface area (Å²) >= 11 is 0. The third-order valence-electron chi connectivity index (χ3n) is 9.87. The van der Waals surface area contributed by atoms with Gasteiger partial charge in [-0.2, -0.15) is 0 Å². The molecule has 0 N–H and O–H groups in total. The Morgan fingerprint density at radius 3 is 1.17 bits per heavy atom. The van der Waals surface area contributed by atoms with E-state index in [-0.39, 0.29) is 0 Å². The number of hydrogen-bond acceptors (Lipinski definition) is 3. The van der Waals surface area contributed by atoms with Gasteiger partial charge >= 0.3 is 0 Å². The largest absolute Gasteiger partial charge is 0.310 e. The number of hydrogen-bond donors (Lipinski definition) is 0. The fourth-order valence-electron chi connectivity index (χ4n) is 7.05. The first-order valence-corrected chi connectivity index (χ1v) is 18.5. The quantitative estimate of drug-likeness (QED) is 0.144. The number of aryl methyl sites for hydroxylation is 2. The Labute approximate surface area is 312 Å². The van der Waals surface area contributed by atoms with Crippen LogP contribution in [0.1, 0.15) is 25.0 Å². The molecular formula is C50H41N3. The Bertz CT molecular complexity index is 2290. The van der Waals surface area contributed by atoms with Crippen LogP contribution >= 0.6 is 0 Å². The van der Waals surface area contributed by atoms with Gasteiger partial charge in [0, 0.05) is 33.8 Å². The van der Waals surface area contributed by atoms with E-state index in [0.717, 1.165) is 46.6 Å². The summed E-state index contributed by atoms with van der Waals surface area (Å²) in [6, 6.07) is 66.6. The zero-order valence-electron chi connectivity index (χ0n) is 30.2. The second kappa shape index (κ2) is 15.3. The van der Waals surface area contributed by atoms with E-state index in [1.165, 1.54) is 44.8 Å². The smallest absolute Gasteiger partial charge is 0.160 e. The molecule has 0 bridgehead atoms. The van der Waals surface area contributed by atoms with Gasteiger partial charge in [0.05, 0.1) is 11.4 Å². The van der Waals surface area contributed by atoms with Crippen LogP contribution in [0, 0.1) is 0 Å². The second-order valence-electron chi connectivity index (χ2n) is 13.2. The standard InChI is InChI=1S/C50H41N3/c1-3-36-33-43(38-17-9-5-10-18-38)27-31-48(36)53(49-32-28-44(34-37(49)4-2)39-19-11-6-12-20-39)45-29-25-41(26-30-45)47-35-46(40-21-13-7-14-22-40)51-50(52-47)42-23-15-8-16-24-42/h5-35H,3-4H2,1-2H3. The molecular weight excluding hydrogens is 643 g/mol. The van der Waals surface area contributed by atoms with Crippen molar-refractivity contribution >= 4 is 17.1 Å². The van der Waals surface area contributed by atoms with Crippen LogP contribution in [0.4, 0.5) is 17.1 Å². The lowest BCUT2D eigenvalue weighted by atomic mass is 9.97. The monoisotopic (exact) mass is 683 g/mol. The molecule has 1 aromatic heterocycles. The molecule has 0 saturated heterocycles. The molecule has 0 amide bonds. The number of nitrogens with zero attached hydrogens (tertiary/aromatic N) is 3. The van der Waals surface area contributed by atoms with Gasteiger partial charge in [-0.05, 0) is 88.7 Å². The van der Waals surface area contributed by atoms with Crippen LogP contribution in [-0.2, 0) is 12.8 Å². The molecule has 0 saturated carbocycles. The van der Waals surface area contributed by atoms with Gasteiger partial charge in [-0.15, -0.1) is 0 Å². The van der Waals surface area contributed by atoms with Crippen LogP contribution in [0.15, 0.2) is 188 Å². The molecule has 256 valence electrons. The highest BCUT2D eigenvalue weighted by molar-refractivity contribution is 5.85. The minimum Gasteiger partial charge on any atom is -0.310 e. The summed E-state index contributed by atoms with van der Waals surface area (Å²) in [6.07, 6.45) is 1.80. The van der Waals surface area contributed by atoms with Gasteiger partial charge in [0.15, 0.2) is 5.82 Å². The predicted molar refractivity (Wildman–Crippen MR) is 223 cm³/mol. The highest BCUT2D eigenvalue weighted by Gasteiger charge is 2.20. The Morgan fingerprint density at radius 1 is 0.358 bits per heavy atom. The van der Waals surface area contributed by atoms with Crippen molar-refractivity contribution < 1.29 is 0 Å². The second-order valence-corrected chi connectivity index (χ2v) is 13.2. The Hall–Kier alpha value is -6.58. The number of anilines is 3. The maximum absolute atomic E-state index is 5.10. The van der Waals surface area contributed by atoms with E-state index in [0.29, 0.717) is 5.82 Å². The van der Waals surface area contributed by atoms with Gasteiger partial charge in [-0.25, -0.2) is 9.97 Å². The molecule has 8 aromatic rings. The highest BCUT2D eigenvalue weighted by atomic mass is 15.1. The minimum atomic E-state index is 0.713. The van der Waals surface area contributed by atoms with E-state index < -0.39 is 0 Å². The molecule has 8 rings (SSSR count). The van der Waals surface area contributed by atoms with Crippen molar-refractivity contribution in [2.45, 2.75) is 26.7 Å². The number of benzene rings is 7. The Kier molecular flexibility index (Phi) is 9.72. The van der Waals surface area contributed by atoms with Gasteiger partial charge in [0.2, 0.25) is 0 Å². The summed E-state index contributed by atoms with van der Waals surface area (Å²) in [7, 11) is 0. The van der Waals surface area contributed by atoms with Crippen molar-refractivity contribution in [1.82, 2.24) is 9.97 Å². The molecule has 0 radical (unpaired) electrons. The number of aromatic nitrogens is 2. The van der Waals surface area contributed by atoms with Crippen molar-refractivity contribution in [3.8, 4) is 56.2 Å². The molecule has 3 nitrogen and oxygen atoms in total. The molecule has 1 heterocycles. The highest BCUT2D eigenvalue weighted by Crippen LogP contribution is 2.42. The Balaban J connectivity index is 1.25. The van der Waals surface area contributed by atoms with E-state index in [1.54, 1.807) is 0 Å². The van der Waals surface area contributed by atoms with Crippen LogP contribution < -0.4 is 4.90 Å².